The van der Waals surface area contributed by atoms with Crippen molar-refractivity contribution < 1.29 is 9.22 Å². The normalized spacial score (nSPS) is 21.5. The number of nitrogens with zero attached hydrogens (tertiary/aromatic N) is 1. The van der Waals surface area contributed by atoms with Crippen molar-refractivity contribution >= 4 is 47.8 Å². The van der Waals surface area contributed by atoms with Gasteiger partial charge in [-0.3, -0.25) is 4.79 Å². The molecule has 0 N–H and O–H groups in total. The lowest BCUT2D eigenvalue weighted by molar-refractivity contribution is -0.147. The monoisotopic (exact) mass is 655 g/mol. The van der Waals surface area contributed by atoms with E-state index in [-0.39, 0.29) is 34.9 Å². The highest BCUT2D eigenvalue weighted by Gasteiger charge is 2.53. The molecule has 4 aromatic rings. The largest absolute Gasteiger partial charge is 0.405 e. The number of halogens is 2. The number of hydrogen-bond donors (Lipinski definition) is 0. The van der Waals surface area contributed by atoms with Crippen LogP contribution in [0.25, 0.3) is 0 Å². The predicted octanol–water partition coefficient (Wildman–Crippen LogP) is 9.04. The summed E-state index contributed by atoms with van der Waals surface area (Å²) in [5.74, 6) is 0.571. The summed E-state index contributed by atoms with van der Waals surface area (Å²) in [5, 5.41) is 3.76. The van der Waals surface area contributed by atoms with E-state index in [0.717, 1.165) is 30.4 Å². The summed E-state index contributed by atoms with van der Waals surface area (Å²) in [5.41, 5.74) is 2.26. The molecule has 4 aromatic carbocycles. The summed E-state index contributed by atoms with van der Waals surface area (Å²) in [6.07, 6.45) is 2.96. The fourth-order valence-corrected chi connectivity index (χ4v) is 12.5. The van der Waals surface area contributed by atoms with Crippen LogP contribution in [-0.2, 0) is 9.22 Å². The molecule has 1 amide bonds. The Bertz CT molecular complexity index is 1560. The summed E-state index contributed by atoms with van der Waals surface area (Å²) >= 11 is 12.9. The topological polar surface area (TPSA) is 29.5 Å². The maximum Gasteiger partial charge on any atom is 0.261 e. The van der Waals surface area contributed by atoms with Crippen molar-refractivity contribution in [3.8, 4) is 0 Å². The average molecular weight is 657 g/mol. The summed E-state index contributed by atoms with van der Waals surface area (Å²) in [7, 11) is -2.80. The van der Waals surface area contributed by atoms with E-state index in [2.05, 4.69) is 118 Å². The van der Waals surface area contributed by atoms with Crippen LogP contribution in [-0.4, -0.2) is 31.8 Å². The zero-order valence-corrected chi connectivity index (χ0v) is 29.1. The van der Waals surface area contributed by atoms with Gasteiger partial charge >= 0.3 is 0 Å². The van der Waals surface area contributed by atoms with Crippen molar-refractivity contribution in [2.75, 3.05) is 6.61 Å². The van der Waals surface area contributed by atoms with Crippen LogP contribution in [0.15, 0.2) is 109 Å². The lowest BCUT2D eigenvalue weighted by atomic mass is 9.75. The molecule has 3 nitrogen and oxygen atoms in total. The van der Waals surface area contributed by atoms with Crippen molar-refractivity contribution in [1.82, 2.24) is 4.90 Å². The number of hydrogen-bond acceptors (Lipinski definition) is 2. The summed E-state index contributed by atoms with van der Waals surface area (Å²) in [4.78, 5) is 16.7. The Hall–Kier alpha value is -2.89. The quantitative estimate of drug-likeness (QED) is 0.168. The van der Waals surface area contributed by atoms with Crippen molar-refractivity contribution in [3.63, 3.8) is 0 Å². The number of benzene rings is 4. The molecule has 1 heterocycles. The van der Waals surface area contributed by atoms with Gasteiger partial charge in [0.25, 0.3) is 8.32 Å². The van der Waals surface area contributed by atoms with Crippen LogP contribution in [0.3, 0.4) is 0 Å². The fourth-order valence-electron chi connectivity index (χ4n) is 7.57. The van der Waals surface area contributed by atoms with E-state index in [1.807, 2.05) is 24.3 Å². The van der Waals surface area contributed by atoms with Crippen LogP contribution in [0, 0.1) is 11.8 Å². The molecule has 1 aliphatic heterocycles. The Labute approximate surface area is 279 Å². The Morgan fingerprint density at radius 3 is 1.93 bits per heavy atom. The van der Waals surface area contributed by atoms with Crippen molar-refractivity contribution in [2.45, 2.75) is 70.0 Å². The van der Waals surface area contributed by atoms with Crippen LogP contribution in [0.1, 0.15) is 70.0 Å². The molecule has 1 aliphatic carbocycles. The second-order valence-electron chi connectivity index (χ2n) is 13.9. The number of rotatable bonds is 9. The van der Waals surface area contributed by atoms with E-state index in [0.29, 0.717) is 22.6 Å². The maximum absolute atomic E-state index is 14.5. The van der Waals surface area contributed by atoms with Gasteiger partial charge in [-0.2, -0.15) is 0 Å². The van der Waals surface area contributed by atoms with Gasteiger partial charge in [-0.05, 0) is 76.0 Å². The van der Waals surface area contributed by atoms with E-state index < -0.39 is 8.32 Å². The molecule has 0 bridgehead atoms. The highest BCUT2D eigenvalue weighted by atomic mass is 35.5. The molecular formula is C39H43Cl2NO2Si. The van der Waals surface area contributed by atoms with Crippen LogP contribution in [0.4, 0.5) is 0 Å². The molecule has 1 saturated carbocycles. The molecule has 4 atom stereocenters. The molecule has 234 valence electrons. The summed E-state index contributed by atoms with van der Waals surface area (Å²) in [6, 6.07) is 37.6. The Kier molecular flexibility index (Phi) is 9.32. The molecule has 2 aliphatic rings. The van der Waals surface area contributed by atoms with E-state index in [1.165, 1.54) is 10.4 Å². The Balaban J connectivity index is 1.46. The van der Waals surface area contributed by atoms with Gasteiger partial charge in [0.05, 0.1) is 18.7 Å². The van der Waals surface area contributed by atoms with E-state index in [1.54, 1.807) is 0 Å². The fraction of sp³-hybridized carbons (Fsp3) is 0.359. The van der Waals surface area contributed by atoms with Crippen molar-refractivity contribution in [3.05, 3.63) is 130 Å². The van der Waals surface area contributed by atoms with Gasteiger partial charge in [0.2, 0.25) is 5.91 Å². The molecule has 1 saturated heterocycles. The summed E-state index contributed by atoms with van der Waals surface area (Å²) < 4.78 is 7.53. The van der Waals surface area contributed by atoms with Gasteiger partial charge < -0.3 is 9.33 Å². The standard InChI is InChI=1S/C39H43Cl2NO2Si/c1-27-24-35(30-12-11-13-32(41)25-30)37(29-20-22-31(40)23-21-29)42(38(27)43)36(28-18-19-28)26-44-45(39(2,3)4,33-14-7-5-8-15-33)34-16-9-6-10-17-34/h5-17,20-23,25,27-28,35-37H,18-19,24,26H2,1-4H3/t27?,35?,36?,37-/m1/s1. The number of piperidine rings is 1. The lowest BCUT2D eigenvalue weighted by Gasteiger charge is -2.50. The molecule has 0 spiro atoms. The molecule has 3 unspecified atom stereocenters. The Morgan fingerprint density at radius 2 is 1.40 bits per heavy atom. The van der Waals surface area contributed by atoms with E-state index in [4.69, 9.17) is 27.6 Å². The minimum Gasteiger partial charge on any atom is -0.405 e. The van der Waals surface area contributed by atoms with Crippen molar-refractivity contribution in [1.29, 1.82) is 0 Å². The maximum atomic E-state index is 14.5. The molecule has 45 heavy (non-hydrogen) atoms. The lowest BCUT2D eigenvalue weighted by Crippen LogP contribution is -2.67. The number of carbonyl (C=O) groups is 1. The van der Waals surface area contributed by atoms with E-state index >= 15 is 0 Å². The molecule has 0 radical (unpaired) electrons. The van der Waals surface area contributed by atoms with Gasteiger partial charge in [0, 0.05) is 21.9 Å². The zero-order chi connectivity index (χ0) is 31.8. The van der Waals surface area contributed by atoms with Gasteiger partial charge in [-0.25, -0.2) is 0 Å². The van der Waals surface area contributed by atoms with Crippen molar-refractivity contribution in [2.24, 2.45) is 11.8 Å². The van der Waals surface area contributed by atoms with Crippen LogP contribution < -0.4 is 10.4 Å². The molecular weight excluding hydrogens is 613 g/mol. The third-order valence-electron chi connectivity index (χ3n) is 9.86. The Morgan fingerprint density at radius 1 is 0.800 bits per heavy atom. The van der Waals surface area contributed by atoms with Gasteiger partial charge in [-0.1, -0.05) is 136 Å². The second kappa shape index (κ2) is 13.1. The minimum absolute atomic E-state index is 0.0516. The molecule has 6 rings (SSSR count). The SMILES string of the molecule is CC1CC(c2cccc(Cl)c2)[C@@H](c2ccc(Cl)cc2)N(C(CO[Si](c2ccccc2)(c2ccccc2)C(C)(C)C)C2CC2)C1=O. The zero-order valence-electron chi connectivity index (χ0n) is 26.6. The third-order valence-corrected chi connectivity index (χ3v) is 15.4. The predicted molar refractivity (Wildman–Crippen MR) is 189 cm³/mol. The first-order chi connectivity index (χ1) is 21.6. The van der Waals surface area contributed by atoms with Gasteiger partial charge in [-0.15, -0.1) is 0 Å². The average Bonchev–Trinajstić information content (AvgIpc) is 3.87. The van der Waals surface area contributed by atoms with Crippen LogP contribution in [0.2, 0.25) is 15.1 Å². The van der Waals surface area contributed by atoms with Crippen LogP contribution in [0.5, 0.6) is 0 Å². The van der Waals surface area contributed by atoms with Crippen LogP contribution >= 0.6 is 23.2 Å². The first-order valence-electron chi connectivity index (χ1n) is 16.2. The minimum atomic E-state index is -2.80. The second-order valence-corrected chi connectivity index (χ2v) is 19.1. The van der Waals surface area contributed by atoms with Gasteiger partial charge in [0.1, 0.15) is 0 Å². The number of carbonyl (C=O) groups excluding carboxylic acids is 1. The number of likely N-dealkylation sites (tertiary alicyclic amines) is 1. The first kappa shape index (κ1) is 32.1. The van der Waals surface area contributed by atoms with Gasteiger partial charge in [0.15, 0.2) is 0 Å². The molecule has 0 aromatic heterocycles. The smallest absolute Gasteiger partial charge is 0.261 e. The first-order valence-corrected chi connectivity index (χ1v) is 18.8. The highest BCUT2D eigenvalue weighted by Crippen LogP contribution is 2.50. The third kappa shape index (κ3) is 6.40. The highest BCUT2D eigenvalue weighted by molar-refractivity contribution is 6.99. The summed E-state index contributed by atoms with van der Waals surface area (Å²) in [6.45, 7) is 9.50. The molecule has 2 fully saturated rings. The molecule has 6 heteroatoms. The van der Waals surface area contributed by atoms with E-state index in [9.17, 15) is 4.79 Å². The number of amides is 1.